The first-order valence-corrected chi connectivity index (χ1v) is 10.6. The Labute approximate surface area is 170 Å². The third-order valence-corrected chi connectivity index (χ3v) is 6.60. The number of amides is 1. The number of nitrogens with zero attached hydrogens (tertiary/aromatic N) is 3. The van der Waals surface area contributed by atoms with E-state index in [0.717, 1.165) is 35.0 Å². The molecular weight excluding hydrogens is 366 g/mol. The number of nitriles is 1. The fourth-order valence-electron chi connectivity index (χ4n) is 3.82. The fraction of sp³-hybridized carbons (Fsp3) is 0.304. The van der Waals surface area contributed by atoms with E-state index in [4.69, 9.17) is 0 Å². The van der Waals surface area contributed by atoms with Gasteiger partial charge in [-0.25, -0.2) is 0 Å². The van der Waals surface area contributed by atoms with Gasteiger partial charge in [0.05, 0.1) is 29.2 Å². The Bertz CT molecular complexity index is 931. The molecular formula is C23H23N3OS. The Morgan fingerprint density at radius 2 is 1.86 bits per heavy atom. The summed E-state index contributed by atoms with van der Waals surface area (Å²) < 4.78 is 0. The summed E-state index contributed by atoms with van der Waals surface area (Å²) in [5.41, 5.74) is 4.28. The second kappa shape index (κ2) is 8.22. The minimum Gasteiger partial charge on any atom is -0.292 e. The van der Waals surface area contributed by atoms with Crippen molar-refractivity contribution in [2.45, 2.75) is 32.2 Å². The molecule has 142 valence electrons. The minimum absolute atomic E-state index is 0.101. The van der Waals surface area contributed by atoms with Crippen LogP contribution in [0.5, 0.6) is 0 Å². The Morgan fingerprint density at radius 3 is 2.54 bits per heavy atom. The Hall–Kier alpha value is -2.55. The van der Waals surface area contributed by atoms with Crippen molar-refractivity contribution in [1.82, 2.24) is 9.80 Å². The van der Waals surface area contributed by atoms with Crippen molar-refractivity contribution in [2.24, 2.45) is 0 Å². The minimum atomic E-state index is -0.136. The molecule has 4 nitrogen and oxygen atoms in total. The number of fused-ring (bicyclic) bond motifs is 1. The molecule has 28 heavy (non-hydrogen) atoms. The molecule has 1 saturated heterocycles. The molecule has 5 heteroatoms. The van der Waals surface area contributed by atoms with E-state index in [1.165, 1.54) is 11.1 Å². The van der Waals surface area contributed by atoms with Crippen molar-refractivity contribution < 1.29 is 4.79 Å². The zero-order chi connectivity index (χ0) is 19.5. The zero-order valence-electron chi connectivity index (χ0n) is 16.0. The summed E-state index contributed by atoms with van der Waals surface area (Å²) in [4.78, 5) is 17.0. The number of thioether (sulfide) groups is 1. The van der Waals surface area contributed by atoms with E-state index in [1.807, 2.05) is 18.2 Å². The van der Waals surface area contributed by atoms with Gasteiger partial charge in [-0.1, -0.05) is 73.3 Å². The maximum absolute atomic E-state index is 12.9. The van der Waals surface area contributed by atoms with E-state index in [-0.39, 0.29) is 11.8 Å². The van der Waals surface area contributed by atoms with Crippen molar-refractivity contribution in [3.63, 3.8) is 0 Å². The summed E-state index contributed by atoms with van der Waals surface area (Å²) in [6.45, 7) is 3.47. The van der Waals surface area contributed by atoms with Gasteiger partial charge in [0.25, 0.3) is 0 Å². The first kappa shape index (κ1) is 18.8. The molecule has 2 aliphatic heterocycles. The van der Waals surface area contributed by atoms with Crippen LogP contribution in [0.25, 0.3) is 0 Å². The largest absolute Gasteiger partial charge is 0.292 e. The van der Waals surface area contributed by atoms with Gasteiger partial charge in [0.15, 0.2) is 0 Å². The van der Waals surface area contributed by atoms with E-state index < -0.39 is 0 Å². The monoisotopic (exact) mass is 389 g/mol. The van der Waals surface area contributed by atoms with Crippen LogP contribution in [0.1, 0.15) is 36.0 Å². The third-order valence-electron chi connectivity index (χ3n) is 5.39. The number of benzene rings is 2. The van der Waals surface area contributed by atoms with Crippen LogP contribution in [0, 0.1) is 11.3 Å². The van der Waals surface area contributed by atoms with Crippen LogP contribution in [0.15, 0.2) is 65.2 Å². The SMILES string of the molecule is CCc1ccc(C2CC(=O)N3CN(Cc4ccccc4)CSC3=C2C#N)cc1. The molecule has 4 rings (SSSR count). The molecule has 2 heterocycles. The number of rotatable bonds is 4. The maximum atomic E-state index is 12.9. The summed E-state index contributed by atoms with van der Waals surface area (Å²) in [6.07, 6.45) is 1.34. The first-order valence-electron chi connectivity index (χ1n) is 9.62. The van der Waals surface area contributed by atoms with E-state index in [9.17, 15) is 10.1 Å². The van der Waals surface area contributed by atoms with Gasteiger partial charge in [-0.2, -0.15) is 5.26 Å². The van der Waals surface area contributed by atoms with E-state index >= 15 is 0 Å². The molecule has 0 bridgehead atoms. The number of aryl methyl sites for hydroxylation is 1. The van der Waals surface area contributed by atoms with Gasteiger partial charge in [-0.3, -0.25) is 14.6 Å². The van der Waals surface area contributed by atoms with Crippen LogP contribution >= 0.6 is 11.8 Å². The highest BCUT2D eigenvalue weighted by Crippen LogP contribution is 2.42. The third kappa shape index (κ3) is 3.71. The topological polar surface area (TPSA) is 47.3 Å². The van der Waals surface area contributed by atoms with E-state index in [1.54, 1.807) is 16.7 Å². The highest BCUT2D eigenvalue weighted by molar-refractivity contribution is 8.03. The summed E-state index contributed by atoms with van der Waals surface area (Å²) in [6, 6.07) is 21.0. The lowest BCUT2D eigenvalue weighted by Gasteiger charge is -2.41. The van der Waals surface area contributed by atoms with Gasteiger partial charge < -0.3 is 0 Å². The van der Waals surface area contributed by atoms with Gasteiger partial charge in [-0.15, -0.1) is 0 Å². The van der Waals surface area contributed by atoms with Gasteiger partial charge in [0.2, 0.25) is 5.91 Å². The van der Waals surface area contributed by atoms with Crippen molar-refractivity contribution in [3.05, 3.63) is 81.9 Å². The molecule has 1 atom stereocenters. The standard InChI is InChI=1S/C23H23N3OS/c1-2-17-8-10-19(11-9-17)20-12-22(27)26-15-25(14-18-6-4-3-5-7-18)16-28-23(26)21(20)13-24/h3-11,20H,2,12,14-16H2,1H3. The first-order chi connectivity index (χ1) is 13.7. The van der Waals surface area contributed by atoms with Gasteiger partial charge in [-0.05, 0) is 23.1 Å². The molecule has 0 aliphatic carbocycles. The number of allylic oxidation sites excluding steroid dienone is 1. The predicted octanol–water partition coefficient (Wildman–Crippen LogP) is 4.46. The lowest BCUT2D eigenvalue weighted by Crippen LogP contribution is -2.46. The molecule has 0 saturated carbocycles. The van der Waals surface area contributed by atoms with E-state index in [2.05, 4.69) is 54.3 Å². The molecule has 1 fully saturated rings. The average Bonchev–Trinajstić information content (AvgIpc) is 2.75. The maximum Gasteiger partial charge on any atom is 0.229 e. The van der Waals surface area contributed by atoms with Crippen LogP contribution in [-0.4, -0.2) is 28.3 Å². The molecule has 0 spiro atoms. The lowest BCUT2D eigenvalue weighted by atomic mass is 9.86. The molecule has 1 amide bonds. The van der Waals surface area contributed by atoms with Crippen LogP contribution in [-0.2, 0) is 17.8 Å². The van der Waals surface area contributed by atoms with Crippen LogP contribution in [0.3, 0.4) is 0 Å². The Morgan fingerprint density at radius 1 is 1.11 bits per heavy atom. The second-order valence-electron chi connectivity index (χ2n) is 7.23. The van der Waals surface area contributed by atoms with Gasteiger partial charge in [0.1, 0.15) is 0 Å². The smallest absolute Gasteiger partial charge is 0.229 e. The molecule has 2 aliphatic rings. The van der Waals surface area contributed by atoms with Crippen LogP contribution in [0.4, 0.5) is 0 Å². The highest BCUT2D eigenvalue weighted by atomic mass is 32.2. The Kier molecular flexibility index (Phi) is 5.52. The quantitative estimate of drug-likeness (QED) is 0.774. The molecule has 0 radical (unpaired) electrons. The van der Waals surface area contributed by atoms with E-state index in [0.29, 0.717) is 13.1 Å². The fourth-order valence-corrected chi connectivity index (χ4v) is 4.96. The van der Waals surface area contributed by atoms with Gasteiger partial charge in [0, 0.05) is 18.9 Å². The van der Waals surface area contributed by atoms with Crippen LogP contribution in [0.2, 0.25) is 0 Å². The lowest BCUT2D eigenvalue weighted by molar-refractivity contribution is -0.131. The number of hydrogen-bond donors (Lipinski definition) is 0. The number of carbonyl (C=O) groups excluding carboxylic acids is 1. The predicted molar refractivity (Wildman–Crippen MR) is 112 cm³/mol. The molecule has 2 aromatic rings. The number of hydrogen-bond acceptors (Lipinski definition) is 4. The molecule has 0 N–H and O–H groups in total. The zero-order valence-corrected chi connectivity index (χ0v) is 16.8. The summed E-state index contributed by atoms with van der Waals surface area (Å²) >= 11 is 1.61. The van der Waals surface area contributed by atoms with Gasteiger partial charge >= 0.3 is 0 Å². The van der Waals surface area contributed by atoms with Crippen LogP contribution < -0.4 is 0 Å². The summed E-state index contributed by atoms with van der Waals surface area (Å²) in [5.74, 6) is 0.743. The van der Waals surface area contributed by atoms with Crippen molar-refractivity contribution in [1.29, 1.82) is 5.26 Å². The molecule has 1 unspecified atom stereocenters. The van der Waals surface area contributed by atoms with Crippen molar-refractivity contribution >= 4 is 17.7 Å². The van der Waals surface area contributed by atoms with Crippen molar-refractivity contribution in [3.8, 4) is 6.07 Å². The average molecular weight is 390 g/mol. The normalized spacial score (nSPS) is 20.1. The van der Waals surface area contributed by atoms with Crippen molar-refractivity contribution in [2.75, 3.05) is 12.5 Å². The Balaban J connectivity index is 1.58. The molecule has 2 aromatic carbocycles. The molecule has 0 aromatic heterocycles. The summed E-state index contributed by atoms with van der Waals surface area (Å²) in [7, 11) is 0. The second-order valence-corrected chi connectivity index (χ2v) is 8.17. The number of carbonyl (C=O) groups is 1. The highest BCUT2D eigenvalue weighted by Gasteiger charge is 2.38. The summed E-state index contributed by atoms with van der Waals surface area (Å²) in [5, 5.41) is 10.7.